The third-order valence-corrected chi connectivity index (χ3v) is 7.07. The molecule has 3 nitrogen and oxygen atoms in total. The standard InChI is InChI=1S/C31H23F11O3/c1-2-3-16-4-6-17(7-5-16)18-8-10-21(23(32)12-18)30(39,40)44-19-9-11-22(24(33)13-19)31(41,42)45-20-14-25(34)27(26(35)15-20)43-29(38)28(36)37/h2-3,8-17H,4-7H2,1H3/b3-2+. The largest absolute Gasteiger partial charge is 0.429 e. The van der Waals surface area contributed by atoms with Crippen molar-refractivity contribution >= 4 is 0 Å². The normalized spacial score (nSPS) is 17.3. The second kappa shape index (κ2) is 13.4. The SMILES string of the molecule is C/C=C/C1CCC(c2ccc(C(F)(F)Oc3ccc(C(F)(F)Oc4cc(F)c(OC(F)=C(F)F)c(F)c4)c(F)c3)c(F)c2)CC1. The van der Waals surface area contributed by atoms with Crippen LogP contribution in [0.25, 0.3) is 0 Å². The molecule has 0 amide bonds. The van der Waals surface area contributed by atoms with Crippen molar-refractivity contribution in [3.63, 3.8) is 0 Å². The molecule has 0 bridgehead atoms. The minimum atomic E-state index is -4.68. The molecule has 1 saturated carbocycles. The van der Waals surface area contributed by atoms with Crippen LogP contribution in [0.1, 0.15) is 55.2 Å². The Morgan fingerprint density at radius 2 is 1.20 bits per heavy atom. The third-order valence-electron chi connectivity index (χ3n) is 7.07. The molecule has 45 heavy (non-hydrogen) atoms. The highest BCUT2D eigenvalue weighted by molar-refractivity contribution is 5.38. The summed E-state index contributed by atoms with van der Waals surface area (Å²) in [4.78, 5) is 0. The molecule has 3 aromatic rings. The van der Waals surface area contributed by atoms with Crippen LogP contribution in [0.4, 0.5) is 48.3 Å². The average molecular weight is 653 g/mol. The summed E-state index contributed by atoms with van der Waals surface area (Å²) in [7, 11) is 0. The van der Waals surface area contributed by atoms with Gasteiger partial charge in [-0.3, -0.25) is 0 Å². The smallest absolute Gasteiger partial charge is 0.429 e. The quantitative estimate of drug-likeness (QED) is 0.124. The molecule has 0 aliphatic heterocycles. The van der Waals surface area contributed by atoms with Crippen molar-refractivity contribution in [3.05, 3.63) is 113 Å². The molecule has 0 N–H and O–H groups in total. The maximum absolute atomic E-state index is 14.9. The van der Waals surface area contributed by atoms with Crippen LogP contribution in [0, 0.1) is 29.2 Å². The first-order valence-electron chi connectivity index (χ1n) is 13.4. The number of hydrogen-bond acceptors (Lipinski definition) is 3. The molecule has 1 fully saturated rings. The van der Waals surface area contributed by atoms with Crippen molar-refractivity contribution in [2.24, 2.45) is 5.92 Å². The van der Waals surface area contributed by atoms with Crippen molar-refractivity contribution < 1.29 is 62.5 Å². The van der Waals surface area contributed by atoms with Crippen LogP contribution >= 0.6 is 0 Å². The van der Waals surface area contributed by atoms with E-state index in [-0.39, 0.29) is 30.2 Å². The van der Waals surface area contributed by atoms with E-state index >= 15 is 0 Å². The Morgan fingerprint density at radius 3 is 1.71 bits per heavy atom. The minimum absolute atomic E-state index is 0.0142. The van der Waals surface area contributed by atoms with Crippen LogP contribution < -0.4 is 14.2 Å². The van der Waals surface area contributed by atoms with Crippen molar-refractivity contribution in [2.45, 2.75) is 50.7 Å². The molecule has 0 aromatic heterocycles. The van der Waals surface area contributed by atoms with E-state index in [4.69, 9.17) is 0 Å². The first-order chi connectivity index (χ1) is 21.1. The van der Waals surface area contributed by atoms with E-state index in [1.165, 1.54) is 6.07 Å². The van der Waals surface area contributed by atoms with Gasteiger partial charge in [0.15, 0.2) is 11.6 Å². The van der Waals surface area contributed by atoms with Gasteiger partial charge in [-0.1, -0.05) is 18.2 Å². The first kappa shape index (κ1) is 33.7. The van der Waals surface area contributed by atoms with Gasteiger partial charge in [0.1, 0.15) is 28.7 Å². The first-order valence-corrected chi connectivity index (χ1v) is 13.4. The van der Waals surface area contributed by atoms with Crippen LogP contribution in [0.15, 0.2) is 72.8 Å². The van der Waals surface area contributed by atoms with Gasteiger partial charge in [-0.2, -0.15) is 30.7 Å². The highest BCUT2D eigenvalue weighted by Crippen LogP contribution is 2.41. The van der Waals surface area contributed by atoms with Crippen molar-refractivity contribution in [1.29, 1.82) is 0 Å². The maximum Gasteiger partial charge on any atom is 0.429 e. The average Bonchev–Trinajstić information content (AvgIpc) is 2.94. The Labute approximate surface area is 249 Å². The zero-order valence-electron chi connectivity index (χ0n) is 23.1. The predicted molar refractivity (Wildman–Crippen MR) is 139 cm³/mol. The number of allylic oxidation sites excluding steroid dienone is 2. The van der Waals surface area contributed by atoms with Gasteiger partial charge in [0, 0.05) is 18.2 Å². The second-order valence-corrected chi connectivity index (χ2v) is 10.1. The summed E-state index contributed by atoms with van der Waals surface area (Å²) < 4.78 is 166. The van der Waals surface area contributed by atoms with E-state index in [0.29, 0.717) is 17.5 Å². The lowest BCUT2D eigenvalue weighted by Crippen LogP contribution is -2.25. The van der Waals surface area contributed by atoms with Crippen molar-refractivity contribution in [3.8, 4) is 17.2 Å². The molecule has 0 radical (unpaired) electrons. The Bertz CT molecular complexity index is 1570. The molecule has 0 heterocycles. The molecule has 0 atom stereocenters. The fourth-order valence-corrected chi connectivity index (χ4v) is 4.96. The highest BCUT2D eigenvalue weighted by atomic mass is 19.3. The summed E-state index contributed by atoms with van der Waals surface area (Å²) in [5.41, 5.74) is -2.23. The monoisotopic (exact) mass is 652 g/mol. The molecule has 0 spiro atoms. The molecule has 0 saturated heterocycles. The van der Waals surface area contributed by atoms with Gasteiger partial charge in [0.25, 0.3) is 0 Å². The number of alkyl halides is 4. The number of hydrogen-bond donors (Lipinski definition) is 0. The van der Waals surface area contributed by atoms with E-state index in [1.807, 2.05) is 13.0 Å². The van der Waals surface area contributed by atoms with E-state index in [0.717, 1.165) is 37.8 Å². The Balaban J connectivity index is 1.47. The van der Waals surface area contributed by atoms with E-state index in [9.17, 15) is 48.3 Å². The number of rotatable bonds is 10. The highest BCUT2D eigenvalue weighted by Gasteiger charge is 2.41. The van der Waals surface area contributed by atoms with Gasteiger partial charge < -0.3 is 14.2 Å². The van der Waals surface area contributed by atoms with Gasteiger partial charge in [0.05, 0.1) is 5.56 Å². The van der Waals surface area contributed by atoms with Crippen LogP contribution in [-0.4, -0.2) is 0 Å². The van der Waals surface area contributed by atoms with Crippen LogP contribution in [0.3, 0.4) is 0 Å². The van der Waals surface area contributed by atoms with Gasteiger partial charge in [-0.25, -0.2) is 17.6 Å². The number of ether oxygens (including phenoxy) is 3. The number of halogens is 11. The molecule has 1 aliphatic carbocycles. The fraction of sp³-hybridized carbons (Fsp3) is 0.290. The molecule has 0 unspecified atom stereocenters. The lowest BCUT2D eigenvalue weighted by atomic mass is 9.78. The summed E-state index contributed by atoms with van der Waals surface area (Å²) in [6.07, 6.45) is -4.85. The van der Waals surface area contributed by atoms with E-state index in [1.54, 1.807) is 0 Å². The summed E-state index contributed by atoms with van der Waals surface area (Å²) in [6.45, 7) is 1.91. The fourth-order valence-electron chi connectivity index (χ4n) is 4.96. The molecular formula is C31H23F11O3. The van der Waals surface area contributed by atoms with Crippen LogP contribution in [-0.2, 0) is 12.2 Å². The number of benzene rings is 3. The Kier molecular flexibility index (Phi) is 10.0. The van der Waals surface area contributed by atoms with E-state index in [2.05, 4.69) is 20.3 Å². The molecule has 4 rings (SSSR count). The van der Waals surface area contributed by atoms with Gasteiger partial charge in [-0.15, -0.1) is 0 Å². The summed E-state index contributed by atoms with van der Waals surface area (Å²) in [6, 6.07) is 1.44. The van der Waals surface area contributed by atoms with Gasteiger partial charge in [0.2, 0.25) is 5.75 Å². The lowest BCUT2D eigenvalue weighted by Gasteiger charge is -2.27. The molecule has 1 aliphatic rings. The van der Waals surface area contributed by atoms with Gasteiger partial charge >= 0.3 is 24.3 Å². The summed E-state index contributed by atoms with van der Waals surface area (Å²) in [5.74, 6) is -10.6. The summed E-state index contributed by atoms with van der Waals surface area (Å²) in [5, 5.41) is 0. The Hall–Kier alpha value is -4.23. The van der Waals surface area contributed by atoms with Gasteiger partial charge in [-0.05, 0) is 74.3 Å². The zero-order valence-corrected chi connectivity index (χ0v) is 23.1. The minimum Gasteiger partial charge on any atom is -0.429 e. The van der Waals surface area contributed by atoms with Crippen LogP contribution in [0.5, 0.6) is 17.2 Å². The molecular weight excluding hydrogens is 629 g/mol. The third kappa shape index (κ3) is 7.90. The van der Waals surface area contributed by atoms with Crippen molar-refractivity contribution in [2.75, 3.05) is 0 Å². The molecule has 14 heteroatoms. The molecule has 242 valence electrons. The predicted octanol–water partition coefficient (Wildman–Crippen LogP) is 10.8. The Morgan fingerprint density at radius 1 is 0.689 bits per heavy atom. The van der Waals surface area contributed by atoms with E-state index < -0.39 is 76.0 Å². The van der Waals surface area contributed by atoms with Crippen LogP contribution in [0.2, 0.25) is 0 Å². The topological polar surface area (TPSA) is 27.7 Å². The zero-order chi connectivity index (χ0) is 33.1. The van der Waals surface area contributed by atoms with Crippen molar-refractivity contribution in [1.82, 2.24) is 0 Å². The maximum atomic E-state index is 14.9. The summed E-state index contributed by atoms with van der Waals surface area (Å²) >= 11 is 0. The lowest BCUT2D eigenvalue weighted by molar-refractivity contribution is -0.189. The molecule has 3 aromatic carbocycles. The second-order valence-electron chi connectivity index (χ2n) is 10.1.